The van der Waals surface area contributed by atoms with Gasteiger partial charge in [0.1, 0.15) is 11.6 Å². The summed E-state index contributed by atoms with van der Waals surface area (Å²) in [5, 5.41) is 12.0. The second-order valence-electron chi connectivity index (χ2n) is 5.78. The molecule has 2 aliphatic carbocycles. The highest BCUT2D eigenvalue weighted by Crippen LogP contribution is 2.32. The maximum Gasteiger partial charge on any atom is 0.148 e. The minimum atomic E-state index is 0.379. The summed E-state index contributed by atoms with van der Waals surface area (Å²) in [6.45, 7) is 0. The van der Waals surface area contributed by atoms with Crippen molar-refractivity contribution in [2.24, 2.45) is 0 Å². The molecule has 0 bridgehead atoms. The van der Waals surface area contributed by atoms with Crippen LogP contribution in [-0.2, 0) is 4.79 Å². The van der Waals surface area contributed by atoms with E-state index in [0.29, 0.717) is 30.6 Å². The summed E-state index contributed by atoms with van der Waals surface area (Å²) >= 11 is 0. The molecule has 0 radical (unpaired) electrons. The third-order valence-corrected chi connectivity index (χ3v) is 4.35. The van der Waals surface area contributed by atoms with Crippen molar-refractivity contribution in [1.29, 1.82) is 0 Å². The van der Waals surface area contributed by atoms with E-state index in [2.05, 4.69) is 21.6 Å². The van der Waals surface area contributed by atoms with Gasteiger partial charge in [-0.3, -0.25) is 4.79 Å². The van der Waals surface area contributed by atoms with Crippen LogP contribution in [0.4, 0.5) is 5.82 Å². The van der Waals surface area contributed by atoms with Crippen LogP contribution in [0.2, 0.25) is 0 Å². The molecule has 0 amide bonds. The van der Waals surface area contributed by atoms with Crippen molar-refractivity contribution < 1.29 is 4.79 Å². The van der Waals surface area contributed by atoms with E-state index in [-0.39, 0.29) is 0 Å². The van der Waals surface area contributed by atoms with Gasteiger partial charge in [-0.05, 0) is 37.8 Å². The molecule has 0 spiro atoms. The fraction of sp³-hybridized carbons (Fsp3) is 0.667. The quantitative estimate of drug-likeness (QED) is 0.906. The van der Waals surface area contributed by atoms with Crippen molar-refractivity contribution >= 4 is 11.6 Å². The molecule has 0 unspecified atom stereocenters. The number of Topliss-reactive ketones (excluding diaryl/α,β-unsaturated/α-hetero) is 1. The second-order valence-corrected chi connectivity index (χ2v) is 5.78. The monoisotopic (exact) mass is 259 g/mol. The van der Waals surface area contributed by atoms with E-state index in [0.717, 1.165) is 24.4 Å². The van der Waals surface area contributed by atoms with Gasteiger partial charge in [0.2, 0.25) is 0 Å². The van der Waals surface area contributed by atoms with E-state index in [1.54, 1.807) is 0 Å². The van der Waals surface area contributed by atoms with Crippen LogP contribution < -0.4 is 5.32 Å². The minimum Gasteiger partial charge on any atom is -0.366 e. The first-order chi connectivity index (χ1) is 9.31. The van der Waals surface area contributed by atoms with Crippen molar-refractivity contribution in [2.75, 3.05) is 5.32 Å². The largest absolute Gasteiger partial charge is 0.366 e. The Kier molecular flexibility index (Phi) is 3.76. The zero-order valence-corrected chi connectivity index (χ0v) is 11.3. The summed E-state index contributed by atoms with van der Waals surface area (Å²) in [6.07, 6.45) is 8.40. The Balaban J connectivity index is 1.58. The van der Waals surface area contributed by atoms with Gasteiger partial charge in [0, 0.05) is 24.8 Å². The molecule has 1 aromatic rings. The Labute approximate surface area is 114 Å². The molecule has 1 aromatic heterocycles. The summed E-state index contributed by atoms with van der Waals surface area (Å²) < 4.78 is 0. The molecule has 2 saturated carbocycles. The van der Waals surface area contributed by atoms with Crippen LogP contribution in [0, 0.1) is 0 Å². The van der Waals surface area contributed by atoms with Gasteiger partial charge in [0.25, 0.3) is 0 Å². The normalized spacial score (nSPS) is 21.8. The lowest BCUT2D eigenvalue weighted by Crippen LogP contribution is -2.26. The summed E-state index contributed by atoms with van der Waals surface area (Å²) in [5.41, 5.74) is 1.14. The maximum atomic E-state index is 11.2. The van der Waals surface area contributed by atoms with Crippen LogP contribution in [0.3, 0.4) is 0 Å². The molecule has 0 saturated heterocycles. The lowest BCUT2D eigenvalue weighted by molar-refractivity contribution is -0.120. The zero-order chi connectivity index (χ0) is 13.1. The Morgan fingerprint density at radius 1 is 1.00 bits per heavy atom. The van der Waals surface area contributed by atoms with Crippen LogP contribution in [-0.4, -0.2) is 22.0 Å². The van der Waals surface area contributed by atoms with E-state index in [9.17, 15) is 4.79 Å². The van der Waals surface area contributed by atoms with Crippen LogP contribution in [0.1, 0.15) is 63.0 Å². The van der Waals surface area contributed by atoms with Gasteiger partial charge >= 0.3 is 0 Å². The first-order valence-electron chi connectivity index (χ1n) is 7.43. The Morgan fingerprint density at radius 2 is 1.74 bits per heavy atom. The average Bonchev–Trinajstić information content (AvgIpc) is 2.96. The topological polar surface area (TPSA) is 54.9 Å². The van der Waals surface area contributed by atoms with E-state index in [1.165, 1.54) is 25.7 Å². The second kappa shape index (κ2) is 5.68. The van der Waals surface area contributed by atoms with Gasteiger partial charge in [-0.1, -0.05) is 12.8 Å². The SMILES string of the molecule is O=C1CCC(Nc2ccc(C3CCCC3)nn2)CC1. The summed E-state index contributed by atoms with van der Waals surface area (Å²) in [4.78, 5) is 11.2. The van der Waals surface area contributed by atoms with Crippen molar-refractivity contribution in [2.45, 2.75) is 63.3 Å². The van der Waals surface area contributed by atoms with E-state index >= 15 is 0 Å². The van der Waals surface area contributed by atoms with Crippen molar-refractivity contribution in [3.8, 4) is 0 Å². The number of aromatic nitrogens is 2. The Bertz CT molecular complexity index is 427. The van der Waals surface area contributed by atoms with Gasteiger partial charge < -0.3 is 5.32 Å². The molecule has 19 heavy (non-hydrogen) atoms. The number of anilines is 1. The molecule has 0 aliphatic heterocycles. The number of carbonyl (C=O) groups is 1. The van der Waals surface area contributed by atoms with Crippen LogP contribution in [0.25, 0.3) is 0 Å². The van der Waals surface area contributed by atoms with E-state index in [1.807, 2.05) is 6.07 Å². The highest BCUT2D eigenvalue weighted by molar-refractivity contribution is 5.79. The minimum absolute atomic E-state index is 0.379. The van der Waals surface area contributed by atoms with E-state index in [4.69, 9.17) is 0 Å². The first-order valence-corrected chi connectivity index (χ1v) is 7.43. The molecular formula is C15H21N3O. The summed E-state index contributed by atoms with van der Waals surface area (Å²) in [7, 11) is 0. The predicted molar refractivity (Wildman–Crippen MR) is 74.1 cm³/mol. The smallest absolute Gasteiger partial charge is 0.148 e. The number of nitrogens with one attached hydrogen (secondary N) is 1. The number of hydrogen-bond acceptors (Lipinski definition) is 4. The first kappa shape index (κ1) is 12.6. The van der Waals surface area contributed by atoms with Crippen molar-refractivity contribution in [3.05, 3.63) is 17.8 Å². The molecular weight excluding hydrogens is 238 g/mol. The maximum absolute atomic E-state index is 11.2. The highest BCUT2D eigenvalue weighted by Gasteiger charge is 2.20. The number of carbonyl (C=O) groups excluding carboxylic acids is 1. The number of nitrogens with zero attached hydrogens (tertiary/aromatic N) is 2. The van der Waals surface area contributed by atoms with Crippen LogP contribution in [0.5, 0.6) is 0 Å². The molecule has 2 aliphatic rings. The van der Waals surface area contributed by atoms with Crippen molar-refractivity contribution in [3.63, 3.8) is 0 Å². The van der Waals surface area contributed by atoms with Crippen LogP contribution >= 0.6 is 0 Å². The fourth-order valence-corrected chi connectivity index (χ4v) is 3.15. The number of ketones is 1. The number of rotatable bonds is 3. The fourth-order valence-electron chi connectivity index (χ4n) is 3.15. The molecule has 2 fully saturated rings. The molecule has 1 heterocycles. The number of hydrogen-bond donors (Lipinski definition) is 1. The summed E-state index contributed by atoms with van der Waals surface area (Å²) in [5.74, 6) is 1.86. The van der Waals surface area contributed by atoms with Crippen molar-refractivity contribution in [1.82, 2.24) is 10.2 Å². The highest BCUT2D eigenvalue weighted by atomic mass is 16.1. The average molecular weight is 259 g/mol. The lowest BCUT2D eigenvalue weighted by Gasteiger charge is -2.22. The summed E-state index contributed by atoms with van der Waals surface area (Å²) in [6, 6.07) is 4.53. The Hall–Kier alpha value is -1.45. The molecule has 4 heteroatoms. The van der Waals surface area contributed by atoms with Gasteiger partial charge in [0.15, 0.2) is 0 Å². The Morgan fingerprint density at radius 3 is 2.37 bits per heavy atom. The van der Waals surface area contributed by atoms with Crippen LogP contribution in [0.15, 0.2) is 12.1 Å². The van der Waals surface area contributed by atoms with E-state index < -0.39 is 0 Å². The molecule has 0 atom stereocenters. The molecule has 102 valence electrons. The standard InChI is InChI=1S/C15H21N3O/c19-13-7-5-12(6-8-13)16-15-10-9-14(17-18-15)11-3-1-2-4-11/h9-12H,1-8H2,(H,16,18). The molecule has 3 rings (SSSR count). The van der Waals surface area contributed by atoms with Gasteiger partial charge in [-0.2, -0.15) is 5.10 Å². The zero-order valence-electron chi connectivity index (χ0n) is 11.3. The van der Waals surface area contributed by atoms with Gasteiger partial charge in [-0.25, -0.2) is 0 Å². The molecule has 0 aromatic carbocycles. The lowest BCUT2D eigenvalue weighted by atomic mass is 9.94. The molecule has 4 nitrogen and oxygen atoms in total. The molecule has 1 N–H and O–H groups in total. The van der Waals surface area contributed by atoms with Gasteiger partial charge in [-0.15, -0.1) is 5.10 Å². The third-order valence-electron chi connectivity index (χ3n) is 4.35. The predicted octanol–water partition coefficient (Wildman–Crippen LogP) is 3.06. The van der Waals surface area contributed by atoms with Gasteiger partial charge in [0.05, 0.1) is 5.69 Å². The third kappa shape index (κ3) is 3.11.